The van der Waals surface area contributed by atoms with Crippen molar-refractivity contribution in [1.82, 2.24) is 0 Å². The normalized spacial score (nSPS) is 9.50. The minimum absolute atomic E-state index is 0.571. The van der Waals surface area contributed by atoms with Gasteiger partial charge in [-0.25, -0.2) is 6.57 Å². The van der Waals surface area contributed by atoms with Crippen LogP contribution in [-0.4, -0.2) is 19.6 Å². The Balaban J connectivity index is 2.74. The van der Waals surface area contributed by atoms with Gasteiger partial charge >= 0.3 is 0 Å². The summed E-state index contributed by atoms with van der Waals surface area (Å²) in [4.78, 5) is 5.61. The Morgan fingerprint density at radius 2 is 2.21 bits per heavy atom. The van der Waals surface area contributed by atoms with E-state index in [2.05, 4.69) is 47.9 Å². The van der Waals surface area contributed by atoms with Crippen LogP contribution in [-0.2, 0) is 0 Å². The zero-order valence-electron chi connectivity index (χ0n) is 8.83. The molecule has 0 spiro atoms. The molecular formula is C12H16N2. The van der Waals surface area contributed by atoms with Crippen LogP contribution in [0.5, 0.6) is 0 Å². The molecule has 2 heteroatoms. The largest absolute Gasteiger partial charge is 0.364 e. The molecule has 0 fully saturated rings. The van der Waals surface area contributed by atoms with Gasteiger partial charge in [0.1, 0.15) is 0 Å². The molecule has 2 nitrogen and oxygen atoms in total. The first kappa shape index (κ1) is 10.6. The lowest BCUT2D eigenvalue weighted by Crippen LogP contribution is -2.25. The van der Waals surface area contributed by atoms with Gasteiger partial charge in [-0.05, 0) is 31.5 Å². The van der Waals surface area contributed by atoms with Crippen molar-refractivity contribution in [2.24, 2.45) is 0 Å². The Morgan fingerprint density at radius 3 is 2.79 bits per heavy atom. The highest BCUT2D eigenvalue weighted by Gasteiger charge is 2.04. The lowest BCUT2D eigenvalue weighted by atomic mass is 10.2. The second-order valence-electron chi connectivity index (χ2n) is 3.30. The van der Waals surface area contributed by atoms with Crippen LogP contribution in [0.25, 0.3) is 4.85 Å². The predicted octanol–water partition coefficient (Wildman–Crippen LogP) is 2.74. The molecule has 1 aromatic carbocycles. The summed E-state index contributed by atoms with van der Waals surface area (Å²) in [6, 6.07) is 8.41. The van der Waals surface area contributed by atoms with E-state index >= 15 is 0 Å². The number of benzene rings is 1. The third kappa shape index (κ3) is 2.77. The summed E-state index contributed by atoms with van der Waals surface area (Å²) in [5, 5.41) is 0. The van der Waals surface area contributed by atoms with Gasteiger partial charge in [-0.2, -0.15) is 0 Å². The molecule has 0 amide bonds. The van der Waals surface area contributed by atoms with Gasteiger partial charge in [-0.3, -0.25) is 0 Å². The molecule has 1 aromatic rings. The summed E-state index contributed by atoms with van der Waals surface area (Å²) in [6.45, 7) is 13.3. The summed E-state index contributed by atoms with van der Waals surface area (Å²) in [6.07, 6.45) is 0. The van der Waals surface area contributed by atoms with Crippen LogP contribution in [0.15, 0.2) is 24.3 Å². The summed E-state index contributed by atoms with van der Waals surface area (Å²) >= 11 is 0. The van der Waals surface area contributed by atoms with E-state index in [9.17, 15) is 0 Å². The highest BCUT2D eigenvalue weighted by molar-refractivity contribution is 5.48. The molecule has 0 aliphatic heterocycles. The smallest absolute Gasteiger partial charge is 0.231 e. The Kier molecular flexibility index (Phi) is 4.00. The van der Waals surface area contributed by atoms with Crippen molar-refractivity contribution in [3.05, 3.63) is 41.2 Å². The first-order chi connectivity index (χ1) is 6.77. The fourth-order valence-corrected chi connectivity index (χ4v) is 1.47. The molecule has 0 heterocycles. The lowest BCUT2D eigenvalue weighted by molar-refractivity contribution is 0.850. The standard InChI is InChI=1S/C12H16N2/c1-4-14(9-8-13-3)12-7-5-6-11(2)10-12/h5-7,10H,4,8-9H2,1-2H3. The molecule has 14 heavy (non-hydrogen) atoms. The van der Waals surface area contributed by atoms with Gasteiger partial charge < -0.3 is 9.74 Å². The van der Waals surface area contributed by atoms with E-state index in [1.54, 1.807) is 0 Å². The molecule has 74 valence electrons. The number of hydrogen-bond acceptors (Lipinski definition) is 1. The van der Waals surface area contributed by atoms with Crippen LogP contribution in [0.3, 0.4) is 0 Å². The van der Waals surface area contributed by atoms with E-state index in [4.69, 9.17) is 6.57 Å². The molecule has 0 aliphatic rings. The van der Waals surface area contributed by atoms with E-state index in [0.29, 0.717) is 6.54 Å². The Hall–Kier alpha value is -1.49. The Labute approximate surface area is 86.0 Å². The van der Waals surface area contributed by atoms with Crippen LogP contribution in [0.2, 0.25) is 0 Å². The molecule has 0 N–H and O–H groups in total. The maximum Gasteiger partial charge on any atom is 0.231 e. The third-order valence-corrected chi connectivity index (χ3v) is 2.23. The van der Waals surface area contributed by atoms with E-state index in [-0.39, 0.29) is 0 Å². The number of hydrogen-bond donors (Lipinski definition) is 0. The second kappa shape index (κ2) is 5.29. The fourth-order valence-electron chi connectivity index (χ4n) is 1.47. The zero-order valence-corrected chi connectivity index (χ0v) is 8.83. The van der Waals surface area contributed by atoms with E-state index < -0.39 is 0 Å². The highest BCUT2D eigenvalue weighted by atomic mass is 15.1. The van der Waals surface area contributed by atoms with E-state index in [1.807, 2.05) is 0 Å². The number of nitrogens with zero attached hydrogens (tertiary/aromatic N) is 2. The van der Waals surface area contributed by atoms with Gasteiger partial charge in [0.05, 0.1) is 6.54 Å². The Morgan fingerprint density at radius 1 is 1.43 bits per heavy atom. The molecule has 0 saturated carbocycles. The monoisotopic (exact) mass is 188 g/mol. The zero-order chi connectivity index (χ0) is 10.4. The maximum atomic E-state index is 6.77. The second-order valence-corrected chi connectivity index (χ2v) is 3.30. The quantitative estimate of drug-likeness (QED) is 0.659. The molecule has 0 saturated heterocycles. The van der Waals surface area contributed by atoms with E-state index in [0.717, 1.165) is 13.1 Å². The van der Waals surface area contributed by atoms with Crippen LogP contribution >= 0.6 is 0 Å². The number of rotatable bonds is 4. The highest BCUT2D eigenvalue weighted by Crippen LogP contribution is 2.15. The molecule has 0 unspecified atom stereocenters. The maximum absolute atomic E-state index is 6.77. The number of aryl methyl sites for hydroxylation is 1. The van der Waals surface area contributed by atoms with Crippen molar-refractivity contribution in [2.45, 2.75) is 13.8 Å². The third-order valence-electron chi connectivity index (χ3n) is 2.23. The number of anilines is 1. The van der Waals surface area contributed by atoms with Crippen molar-refractivity contribution in [2.75, 3.05) is 24.5 Å². The lowest BCUT2D eigenvalue weighted by Gasteiger charge is -2.20. The SMILES string of the molecule is [C-]#[N+]CCN(CC)c1cccc(C)c1. The average Bonchev–Trinajstić information content (AvgIpc) is 2.19. The molecule has 0 aromatic heterocycles. The van der Waals surface area contributed by atoms with Crippen LogP contribution in [0.4, 0.5) is 5.69 Å². The van der Waals surface area contributed by atoms with Gasteiger partial charge in [0.25, 0.3) is 0 Å². The topological polar surface area (TPSA) is 7.60 Å². The van der Waals surface area contributed by atoms with Crippen molar-refractivity contribution < 1.29 is 0 Å². The first-order valence-electron chi connectivity index (χ1n) is 4.92. The fraction of sp³-hybridized carbons (Fsp3) is 0.417. The summed E-state index contributed by atoms with van der Waals surface area (Å²) in [5.74, 6) is 0. The van der Waals surface area contributed by atoms with Crippen LogP contribution in [0.1, 0.15) is 12.5 Å². The number of likely N-dealkylation sites (N-methyl/N-ethyl adjacent to an activating group) is 1. The van der Waals surface area contributed by atoms with Gasteiger partial charge in [-0.15, -0.1) is 0 Å². The predicted molar refractivity (Wildman–Crippen MR) is 60.5 cm³/mol. The minimum atomic E-state index is 0.571. The molecule has 1 rings (SSSR count). The summed E-state index contributed by atoms with van der Waals surface area (Å²) < 4.78 is 0. The van der Waals surface area contributed by atoms with Crippen LogP contribution < -0.4 is 4.90 Å². The van der Waals surface area contributed by atoms with Gasteiger partial charge in [-0.1, -0.05) is 12.1 Å². The van der Waals surface area contributed by atoms with Gasteiger partial charge in [0.2, 0.25) is 6.54 Å². The van der Waals surface area contributed by atoms with Crippen molar-refractivity contribution in [3.63, 3.8) is 0 Å². The van der Waals surface area contributed by atoms with Crippen molar-refractivity contribution in [3.8, 4) is 0 Å². The van der Waals surface area contributed by atoms with Crippen molar-refractivity contribution >= 4 is 5.69 Å². The molecule has 0 radical (unpaired) electrons. The van der Waals surface area contributed by atoms with Gasteiger partial charge in [0.15, 0.2) is 0 Å². The molecule has 0 bridgehead atoms. The van der Waals surface area contributed by atoms with Crippen molar-refractivity contribution in [1.29, 1.82) is 0 Å². The summed E-state index contributed by atoms with van der Waals surface area (Å²) in [5.41, 5.74) is 2.49. The molecule has 0 atom stereocenters. The Bertz CT molecular complexity index is 325. The molecule has 0 aliphatic carbocycles. The van der Waals surface area contributed by atoms with Gasteiger partial charge in [0, 0.05) is 12.2 Å². The molecular weight excluding hydrogens is 172 g/mol. The summed E-state index contributed by atoms with van der Waals surface area (Å²) in [7, 11) is 0. The van der Waals surface area contributed by atoms with Crippen LogP contribution in [0, 0.1) is 13.5 Å². The van der Waals surface area contributed by atoms with E-state index in [1.165, 1.54) is 11.3 Å². The minimum Gasteiger partial charge on any atom is -0.364 e. The first-order valence-corrected chi connectivity index (χ1v) is 4.92. The average molecular weight is 188 g/mol.